The molecule has 0 atom stereocenters. The minimum absolute atomic E-state index is 0.278. The number of aryl methyl sites for hydroxylation is 1. The molecule has 0 aliphatic heterocycles. The molecule has 0 N–H and O–H groups in total. The molecule has 0 spiro atoms. The highest BCUT2D eigenvalue weighted by Gasteiger charge is 2.07. The lowest BCUT2D eigenvalue weighted by molar-refractivity contribution is 0.109. The van der Waals surface area contributed by atoms with E-state index in [9.17, 15) is 4.79 Å². The third-order valence-corrected chi connectivity index (χ3v) is 2.69. The van der Waals surface area contributed by atoms with Crippen LogP contribution in [-0.2, 0) is 0 Å². The summed E-state index contributed by atoms with van der Waals surface area (Å²) in [6.07, 6.45) is 0. The number of hydrogen-bond acceptors (Lipinski definition) is 3. The molecular formula is C7H5NOS2. The summed E-state index contributed by atoms with van der Waals surface area (Å²) in [6.45, 7) is 1.81. The molecule has 56 valence electrons. The number of rotatable bonds is 1. The maximum absolute atomic E-state index is 10.7. The van der Waals surface area contributed by atoms with Crippen molar-refractivity contribution < 1.29 is 4.79 Å². The van der Waals surface area contributed by atoms with Gasteiger partial charge in [0.25, 0.3) is 0 Å². The molecule has 1 aromatic rings. The fraction of sp³-hybridized carbons (Fsp3) is 0.143. The van der Waals surface area contributed by atoms with E-state index in [1.807, 2.05) is 13.0 Å². The molecule has 4 heteroatoms. The maximum Gasteiger partial charge on any atom is 0.226 e. The van der Waals surface area contributed by atoms with Crippen molar-refractivity contribution in [2.75, 3.05) is 0 Å². The zero-order chi connectivity index (χ0) is 8.43. The van der Waals surface area contributed by atoms with Gasteiger partial charge in [-0.25, -0.2) is 0 Å². The lowest BCUT2D eigenvalue weighted by Crippen LogP contribution is -1.79. The molecule has 0 aliphatic rings. The number of carbonyl (C=O) groups is 1. The zero-order valence-corrected chi connectivity index (χ0v) is 7.50. The molecule has 2 nitrogen and oxygen atoms in total. The predicted octanol–water partition coefficient (Wildman–Crippen LogP) is 2.00. The topological polar surface area (TPSA) is 40.9 Å². The quantitative estimate of drug-likeness (QED) is 0.676. The van der Waals surface area contributed by atoms with Gasteiger partial charge in [0.05, 0.1) is 10.4 Å². The van der Waals surface area contributed by atoms with Gasteiger partial charge in [-0.15, -0.1) is 11.3 Å². The highest BCUT2D eigenvalue weighted by atomic mass is 32.1. The van der Waals surface area contributed by atoms with Crippen molar-refractivity contribution in [2.45, 2.75) is 6.92 Å². The maximum atomic E-state index is 10.7. The van der Waals surface area contributed by atoms with Crippen LogP contribution in [0, 0.1) is 18.3 Å². The van der Waals surface area contributed by atoms with Gasteiger partial charge in [0.15, 0.2) is 0 Å². The van der Waals surface area contributed by atoms with Crippen molar-refractivity contribution in [3.63, 3.8) is 0 Å². The second-order valence-electron chi connectivity index (χ2n) is 2.00. The van der Waals surface area contributed by atoms with Crippen molar-refractivity contribution in [1.29, 1.82) is 5.26 Å². The standard InChI is InChI=1S/C7H5NOS2/c1-4-5(3-8)2-6(11-4)7(9)10/h2H,1H3,(H,9,10). The van der Waals surface area contributed by atoms with E-state index in [1.54, 1.807) is 6.07 Å². The van der Waals surface area contributed by atoms with Gasteiger partial charge < -0.3 is 0 Å². The van der Waals surface area contributed by atoms with Crippen molar-refractivity contribution in [3.05, 3.63) is 21.4 Å². The van der Waals surface area contributed by atoms with E-state index in [4.69, 9.17) is 5.26 Å². The Labute approximate surface area is 73.9 Å². The molecule has 0 bridgehead atoms. The molecule has 0 saturated carbocycles. The molecular weight excluding hydrogens is 178 g/mol. The lowest BCUT2D eigenvalue weighted by atomic mass is 10.3. The zero-order valence-electron chi connectivity index (χ0n) is 5.79. The van der Waals surface area contributed by atoms with E-state index in [1.165, 1.54) is 11.3 Å². The van der Waals surface area contributed by atoms with Gasteiger partial charge in [0.1, 0.15) is 6.07 Å². The van der Waals surface area contributed by atoms with Crippen LogP contribution in [0.15, 0.2) is 6.07 Å². The Morgan fingerprint density at radius 3 is 2.73 bits per heavy atom. The summed E-state index contributed by atoms with van der Waals surface area (Å²) in [5.74, 6) is 0. The van der Waals surface area contributed by atoms with Crippen molar-refractivity contribution in [3.8, 4) is 6.07 Å². The van der Waals surface area contributed by atoms with Gasteiger partial charge in [-0.1, -0.05) is 12.6 Å². The molecule has 1 rings (SSSR count). The summed E-state index contributed by atoms with van der Waals surface area (Å²) < 4.78 is 0. The first kappa shape index (κ1) is 8.31. The first-order valence-electron chi connectivity index (χ1n) is 2.89. The van der Waals surface area contributed by atoms with Crippen molar-refractivity contribution in [2.24, 2.45) is 0 Å². The average Bonchev–Trinajstić information content (AvgIpc) is 2.31. The fourth-order valence-electron chi connectivity index (χ4n) is 0.698. The van der Waals surface area contributed by atoms with Gasteiger partial charge in [-0.2, -0.15) is 5.26 Å². The Kier molecular flexibility index (Phi) is 2.32. The predicted molar refractivity (Wildman–Crippen MR) is 47.1 cm³/mol. The molecule has 0 unspecified atom stereocenters. The Morgan fingerprint density at radius 1 is 1.82 bits per heavy atom. The third-order valence-electron chi connectivity index (χ3n) is 1.25. The van der Waals surface area contributed by atoms with Gasteiger partial charge in [0.2, 0.25) is 5.12 Å². The van der Waals surface area contributed by atoms with Crippen molar-refractivity contribution >= 4 is 29.1 Å². The van der Waals surface area contributed by atoms with Crippen LogP contribution >= 0.6 is 24.0 Å². The van der Waals surface area contributed by atoms with Gasteiger partial charge in [0, 0.05) is 4.88 Å². The number of hydrogen-bond donors (Lipinski definition) is 1. The van der Waals surface area contributed by atoms with Gasteiger partial charge in [-0.05, 0) is 13.0 Å². The number of thiol groups is 1. The van der Waals surface area contributed by atoms with Crippen LogP contribution in [0.3, 0.4) is 0 Å². The minimum atomic E-state index is -0.278. The monoisotopic (exact) mass is 183 g/mol. The second-order valence-corrected chi connectivity index (χ2v) is 3.66. The molecule has 0 radical (unpaired) electrons. The molecule has 1 aromatic heterocycles. The highest BCUT2D eigenvalue weighted by molar-refractivity contribution is 7.97. The van der Waals surface area contributed by atoms with E-state index < -0.39 is 0 Å². The summed E-state index contributed by atoms with van der Waals surface area (Å²) in [5.41, 5.74) is 0.562. The minimum Gasteiger partial charge on any atom is -0.281 e. The largest absolute Gasteiger partial charge is 0.281 e. The van der Waals surface area contributed by atoms with Crippen LogP contribution in [0.4, 0.5) is 0 Å². The second kappa shape index (κ2) is 3.07. The normalized spacial score (nSPS) is 9.18. The summed E-state index contributed by atoms with van der Waals surface area (Å²) >= 11 is 4.95. The Morgan fingerprint density at radius 2 is 2.45 bits per heavy atom. The van der Waals surface area contributed by atoms with Crippen LogP contribution in [0.1, 0.15) is 20.1 Å². The highest BCUT2D eigenvalue weighted by Crippen LogP contribution is 2.21. The Hall–Kier alpha value is -0.790. The molecule has 1 heterocycles. The first-order valence-corrected chi connectivity index (χ1v) is 4.15. The summed E-state index contributed by atoms with van der Waals surface area (Å²) in [4.78, 5) is 12.1. The number of nitrogens with zero attached hydrogens (tertiary/aromatic N) is 1. The smallest absolute Gasteiger partial charge is 0.226 e. The molecule has 11 heavy (non-hydrogen) atoms. The first-order chi connectivity index (χ1) is 5.15. The number of nitriles is 1. The molecule has 0 fully saturated rings. The van der Waals surface area contributed by atoms with Gasteiger partial charge >= 0.3 is 0 Å². The number of thiophene rings is 1. The van der Waals surface area contributed by atoms with E-state index in [-0.39, 0.29) is 5.12 Å². The van der Waals surface area contributed by atoms with E-state index in [0.717, 1.165) is 4.88 Å². The van der Waals surface area contributed by atoms with Crippen LogP contribution < -0.4 is 0 Å². The molecule has 0 saturated heterocycles. The molecule has 0 aromatic carbocycles. The lowest BCUT2D eigenvalue weighted by Gasteiger charge is -1.79. The van der Waals surface area contributed by atoms with E-state index >= 15 is 0 Å². The SMILES string of the molecule is Cc1sc(C(=O)S)cc1C#N. The van der Waals surface area contributed by atoms with Crippen LogP contribution in [-0.4, -0.2) is 5.12 Å². The summed E-state index contributed by atoms with van der Waals surface area (Å²) in [7, 11) is 0. The Balaban J connectivity index is 3.18. The molecule has 0 amide bonds. The number of carbonyl (C=O) groups excluding carboxylic acids is 1. The van der Waals surface area contributed by atoms with Crippen LogP contribution in [0.2, 0.25) is 0 Å². The van der Waals surface area contributed by atoms with Crippen molar-refractivity contribution in [1.82, 2.24) is 0 Å². The third kappa shape index (κ3) is 1.62. The Bertz CT molecular complexity index is 335. The summed E-state index contributed by atoms with van der Waals surface area (Å²) in [5, 5.41) is 8.26. The van der Waals surface area contributed by atoms with Crippen LogP contribution in [0.5, 0.6) is 0 Å². The molecule has 0 aliphatic carbocycles. The van der Waals surface area contributed by atoms with E-state index in [0.29, 0.717) is 10.4 Å². The van der Waals surface area contributed by atoms with Crippen LogP contribution in [0.25, 0.3) is 0 Å². The summed E-state index contributed by atoms with van der Waals surface area (Å²) in [6, 6.07) is 3.56. The van der Waals surface area contributed by atoms with Gasteiger partial charge in [-0.3, -0.25) is 4.79 Å². The van der Waals surface area contributed by atoms with E-state index in [2.05, 4.69) is 12.6 Å². The average molecular weight is 183 g/mol. The fourth-order valence-corrected chi connectivity index (χ4v) is 1.71.